The van der Waals surface area contributed by atoms with Crippen molar-refractivity contribution in [3.8, 4) is 11.4 Å². The van der Waals surface area contributed by atoms with Crippen LogP contribution in [0.3, 0.4) is 0 Å². The first kappa shape index (κ1) is 24.6. The van der Waals surface area contributed by atoms with Gasteiger partial charge in [0.25, 0.3) is 0 Å². The van der Waals surface area contributed by atoms with Crippen molar-refractivity contribution in [1.82, 2.24) is 14.9 Å². The van der Waals surface area contributed by atoms with E-state index < -0.39 is 0 Å². The molecule has 0 amide bonds. The standard InChI is InChI=1S/C28H26Cl2N4OS/c1-16-8-9-19(29)14-24(16)33-17(2)13-21(18(33)3)27-26(23-7-5-6-12-31-23)32-28(36)34(27)20-10-11-25(35-4)22(30)15-20/h5-15,26-27H,1-4H3,(H,32,36)/t26-,27+/m1/s1. The summed E-state index contributed by atoms with van der Waals surface area (Å²) in [6, 6.07) is 19.6. The number of benzene rings is 2. The van der Waals surface area contributed by atoms with E-state index in [2.05, 4.69) is 46.6 Å². The van der Waals surface area contributed by atoms with Gasteiger partial charge < -0.3 is 19.5 Å². The number of rotatable bonds is 5. The molecule has 184 valence electrons. The van der Waals surface area contributed by atoms with Gasteiger partial charge in [0.15, 0.2) is 5.11 Å². The number of hydrogen-bond acceptors (Lipinski definition) is 3. The van der Waals surface area contributed by atoms with Gasteiger partial charge in [-0.1, -0.05) is 35.3 Å². The van der Waals surface area contributed by atoms with Crippen molar-refractivity contribution in [2.24, 2.45) is 0 Å². The molecule has 0 radical (unpaired) electrons. The minimum atomic E-state index is -0.158. The van der Waals surface area contributed by atoms with Crippen LogP contribution in [0.2, 0.25) is 10.0 Å². The van der Waals surface area contributed by atoms with Crippen LogP contribution in [-0.2, 0) is 0 Å². The highest BCUT2D eigenvalue weighted by molar-refractivity contribution is 7.80. The van der Waals surface area contributed by atoms with Gasteiger partial charge in [-0.25, -0.2) is 0 Å². The fourth-order valence-electron chi connectivity index (χ4n) is 5.04. The van der Waals surface area contributed by atoms with E-state index in [9.17, 15) is 0 Å². The van der Waals surface area contributed by atoms with Gasteiger partial charge in [0.1, 0.15) is 5.75 Å². The summed E-state index contributed by atoms with van der Waals surface area (Å²) in [6.07, 6.45) is 1.81. The summed E-state index contributed by atoms with van der Waals surface area (Å²) in [7, 11) is 1.61. The van der Waals surface area contributed by atoms with Crippen molar-refractivity contribution in [2.45, 2.75) is 32.9 Å². The van der Waals surface area contributed by atoms with Crippen LogP contribution in [0, 0.1) is 20.8 Å². The van der Waals surface area contributed by atoms with Crippen LogP contribution in [0.4, 0.5) is 5.69 Å². The van der Waals surface area contributed by atoms with E-state index in [0.29, 0.717) is 20.9 Å². The van der Waals surface area contributed by atoms with Gasteiger partial charge in [0.05, 0.1) is 29.9 Å². The van der Waals surface area contributed by atoms with E-state index in [0.717, 1.165) is 39.6 Å². The third-order valence-electron chi connectivity index (χ3n) is 6.71. The lowest BCUT2D eigenvalue weighted by atomic mass is 9.96. The summed E-state index contributed by atoms with van der Waals surface area (Å²) < 4.78 is 7.63. The molecule has 0 bridgehead atoms. The van der Waals surface area contributed by atoms with Gasteiger partial charge in [-0.3, -0.25) is 4.98 Å². The van der Waals surface area contributed by atoms with Gasteiger partial charge in [-0.05, 0) is 92.6 Å². The Labute approximate surface area is 226 Å². The Hall–Kier alpha value is -3.06. The smallest absolute Gasteiger partial charge is 0.174 e. The lowest BCUT2D eigenvalue weighted by Gasteiger charge is -2.28. The van der Waals surface area contributed by atoms with Crippen LogP contribution >= 0.6 is 35.4 Å². The van der Waals surface area contributed by atoms with Crippen LogP contribution < -0.4 is 15.0 Å². The maximum Gasteiger partial charge on any atom is 0.174 e. The van der Waals surface area contributed by atoms with Gasteiger partial charge in [0, 0.05) is 34.0 Å². The maximum atomic E-state index is 6.53. The molecule has 5 rings (SSSR count). The summed E-state index contributed by atoms with van der Waals surface area (Å²) in [4.78, 5) is 6.79. The molecule has 2 aromatic carbocycles. The third-order valence-corrected chi connectivity index (χ3v) is 7.56. The number of nitrogens with zero attached hydrogens (tertiary/aromatic N) is 3. The zero-order chi connectivity index (χ0) is 25.6. The van der Waals surface area contributed by atoms with Crippen LogP contribution in [0.5, 0.6) is 5.75 Å². The van der Waals surface area contributed by atoms with E-state index >= 15 is 0 Å². The van der Waals surface area contributed by atoms with Gasteiger partial charge >= 0.3 is 0 Å². The van der Waals surface area contributed by atoms with Crippen molar-refractivity contribution in [3.63, 3.8) is 0 Å². The molecule has 0 aliphatic carbocycles. The van der Waals surface area contributed by atoms with E-state index in [1.807, 2.05) is 60.8 Å². The second kappa shape index (κ2) is 9.77. The molecule has 4 aromatic rings. The van der Waals surface area contributed by atoms with Crippen LogP contribution in [0.25, 0.3) is 5.69 Å². The SMILES string of the molecule is COc1ccc(N2C(=S)N[C@H](c3ccccn3)[C@@H]2c2cc(C)n(-c3cc(Cl)ccc3C)c2C)cc1Cl. The lowest BCUT2D eigenvalue weighted by molar-refractivity contribution is 0.415. The van der Waals surface area contributed by atoms with Crippen LogP contribution in [0.1, 0.15) is 40.3 Å². The predicted octanol–water partition coefficient (Wildman–Crippen LogP) is 7.29. The minimum absolute atomic E-state index is 0.156. The van der Waals surface area contributed by atoms with E-state index in [1.54, 1.807) is 7.11 Å². The highest BCUT2D eigenvalue weighted by atomic mass is 35.5. The summed E-state index contributed by atoms with van der Waals surface area (Å²) in [5.74, 6) is 0.617. The number of ether oxygens (including phenoxy) is 1. The number of aryl methyl sites for hydroxylation is 2. The first-order chi connectivity index (χ1) is 17.3. The molecule has 2 atom stereocenters. The third kappa shape index (κ3) is 4.23. The van der Waals surface area contributed by atoms with Crippen molar-refractivity contribution < 1.29 is 4.74 Å². The quantitative estimate of drug-likeness (QED) is 0.271. The first-order valence-electron chi connectivity index (χ1n) is 11.6. The zero-order valence-corrected chi connectivity index (χ0v) is 22.7. The molecule has 36 heavy (non-hydrogen) atoms. The number of aromatic nitrogens is 2. The summed E-state index contributed by atoms with van der Waals surface area (Å²) in [5.41, 5.74) is 7.36. The highest BCUT2D eigenvalue weighted by Gasteiger charge is 2.42. The molecule has 1 N–H and O–H groups in total. The molecule has 1 saturated heterocycles. The molecule has 8 heteroatoms. The Balaban J connectivity index is 1.70. The molecule has 0 spiro atoms. The molecule has 0 saturated carbocycles. The number of anilines is 1. The summed E-state index contributed by atoms with van der Waals surface area (Å²) in [6.45, 7) is 6.35. The molecule has 2 aromatic heterocycles. The maximum absolute atomic E-state index is 6.53. The molecular weight excluding hydrogens is 511 g/mol. The molecular formula is C28H26Cl2N4OS. The summed E-state index contributed by atoms with van der Waals surface area (Å²) in [5, 5.41) is 5.36. The van der Waals surface area contributed by atoms with E-state index in [4.69, 9.17) is 40.2 Å². The largest absolute Gasteiger partial charge is 0.495 e. The Morgan fingerprint density at radius 2 is 1.81 bits per heavy atom. The molecule has 5 nitrogen and oxygen atoms in total. The molecule has 3 heterocycles. The van der Waals surface area contributed by atoms with E-state index in [1.165, 1.54) is 0 Å². The summed E-state index contributed by atoms with van der Waals surface area (Å²) >= 11 is 18.8. The fraction of sp³-hybridized carbons (Fsp3) is 0.214. The average Bonchev–Trinajstić information content (AvgIpc) is 3.36. The normalized spacial score (nSPS) is 17.4. The minimum Gasteiger partial charge on any atom is -0.495 e. The van der Waals surface area contributed by atoms with Crippen LogP contribution in [-0.4, -0.2) is 21.8 Å². The van der Waals surface area contributed by atoms with Crippen molar-refractivity contribution in [3.05, 3.63) is 105 Å². The molecule has 1 fully saturated rings. The van der Waals surface area contributed by atoms with Gasteiger partial charge in [0.2, 0.25) is 0 Å². The average molecular weight is 538 g/mol. The predicted molar refractivity (Wildman–Crippen MR) is 151 cm³/mol. The molecule has 1 aliphatic heterocycles. The Kier molecular flexibility index (Phi) is 6.68. The Bertz CT molecular complexity index is 1450. The number of hydrogen-bond donors (Lipinski definition) is 1. The van der Waals surface area contributed by atoms with Crippen LogP contribution in [0.15, 0.2) is 66.9 Å². The second-order valence-electron chi connectivity index (χ2n) is 8.91. The lowest BCUT2D eigenvalue weighted by Crippen LogP contribution is -2.29. The number of pyridine rings is 1. The van der Waals surface area contributed by atoms with Gasteiger partial charge in [-0.15, -0.1) is 0 Å². The number of thiocarbonyl (C=S) groups is 1. The fourth-order valence-corrected chi connectivity index (χ4v) is 5.80. The Morgan fingerprint density at radius 1 is 1.00 bits per heavy atom. The van der Waals surface area contributed by atoms with Crippen molar-refractivity contribution >= 4 is 46.2 Å². The van der Waals surface area contributed by atoms with Crippen molar-refractivity contribution in [1.29, 1.82) is 0 Å². The van der Waals surface area contributed by atoms with Gasteiger partial charge in [-0.2, -0.15) is 0 Å². The number of halogens is 2. The second-order valence-corrected chi connectivity index (χ2v) is 10.1. The first-order valence-corrected chi connectivity index (χ1v) is 12.8. The van der Waals surface area contributed by atoms with E-state index in [-0.39, 0.29) is 12.1 Å². The number of methoxy groups -OCH3 is 1. The topological polar surface area (TPSA) is 42.3 Å². The molecule has 1 aliphatic rings. The molecule has 0 unspecified atom stereocenters. The van der Waals surface area contributed by atoms with Crippen molar-refractivity contribution in [2.75, 3.05) is 12.0 Å². The number of nitrogens with one attached hydrogen (secondary N) is 1. The monoisotopic (exact) mass is 536 g/mol. The zero-order valence-electron chi connectivity index (χ0n) is 20.4. The highest BCUT2D eigenvalue weighted by Crippen LogP contribution is 2.45. The Morgan fingerprint density at radius 3 is 2.50 bits per heavy atom.